The van der Waals surface area contributed by atoms with Crippen molar-refractivity contribution in [3.8, 4) is 5.75 Å². The van der Waals surface area contributed by atoms with Crippen LogP contribution in [0.3, 0.4) is 0 Å². The molecule has 0 bridgehead atoms. The largest absolute Gasteiger partial charge is 0.508 e. The van der Waals surface area contributed by atoms with E-state index < -0.39 is 0 Å². The van der Waals surface area contributed by atoms with Crippen LogP contribution >= 0.6 is 11.6 Å². The van der Waals surface area contributed by atoms with Crippen molar-refractivity contribution in [1.82, 2.24) is 0 Å². The van der Waals surface area contributed by atoms with E-state index in [0.717, 1.165) is 24.1 Å². The first kappa shape index (κ1) is 17.8. The molecule has 108 valence electrons. The van der Waals surface area contributed by atoms with Crippen molar-refractivity contribution in [2.45, 2.75) is 40.5 Å². The van der Waals surface area contributed by atoms with Crippen LogP contribution in [0.2, 0.25) is 0 Å². The number of fused-ring (bicyclic) bond motifs is 1. The first-order valence-electron chi connectivity index (χ1n) is 6.90. The van der Waals surface area contributed by atoms with Gasteiger partial charge in [-0.2, -0.15) is 0 Å². The van der Waals surface area contributed by atoms with Gasteiger partial charge in [0.1, 0.15) is 11.6 Å². The predicted molar refractivity (Wildman–Crippen MR) is 82.2 cm³/mol. The molecule has 1 amide bonds. The molecule has 0 atom stereocenters. The molecule has 2 rings (SSSR count). The highest BCUT2D eigenvalue weighted by Gasteiger charge is 2.21. The van der Waals surface area contributed by atoms with E-state index in [1.165, 1.54) is 0 Å². The molecule has 1 aliphatic rings. The summed E-state index contributed by atoms with van der Waals surface area (Å²) >= 11 is 5.54. The predicted octanol–water partition coefficient (Wildman–Crippen LogP) is 3.96. The standard InChI is InChI=1S/C11H12ClNO2.2C2H6/c12-7-11(15)13-5-1-2-8-6-9(14)3-4-10(8)13;2*1-2/h3-4,6,14H,1-2,5,7H2;2*1-2H3. The second-order valence-electron chi connectivity index (χ2n) is 3.60. The van der Waals surface area contributed by atoms with Crippen LogP contribution in [0, 0.1) is 0 Å². The number of aryl methyl sites for hydroxylation is 1. The van der Waals surface area contributed by atoms with Gasteiger partial charge in [0.25, 0.3) is 0 Å². The van der Waals surface area contributed by atoms with Crippen molar-refractivity contribution in [2.24, 2.45) is 0 Å². The summed E-state index contributed by atoms with van der Waals surface area (Å²) in [5.41, 5.74) is 1.89. The molecule has 4 heteroatoms. The molecule has 1 heterocycles. The quantitative estimate of drug-likeness (QED) is 0.793. The number of amides is 1. The van der Waals surface area contributed by atoms with Gasteiger partial charge in [0.05, 0.1) is 0 Å². The van der Waals surface area contributed by atoms with Gasteiger partial charge in [-0.25, -0.2) is 0 Å². The Labute approximate surface area is 121 Å². The van der Waals surface area contributed by atoms with Crippen LogP contribution in [-0.4, -0.2) is 23.4 Å². The van der Waals surface area contributed by atoms with Crippen LogP contribution in [0.4, 0.5) is 5.69 Å². The minimum Gasteiger partial charge on any atom is -0.508 e. The zero-order valence-electron chi connectivity index (χ0n) is 12.2. The lowest BCUT2D eigenvalue weighted by Gasteiger charge is -2.29. The number of phenolic OH excluding ortho intramolecular Hbond substituents is 1. The Balaban J connectivity index is 0.000000741. The molecule has 1 aromatic carbocycles. The smallest absolute Gasteiger partial charge is 0.241 e. The monoisotopic (exact) mass is 285 g/mol. The Morgan fingerprint density at radius 1 is 1.32 bits per heavy atom. The molecule has 0 aromatic heterocycles. The number of aromatic hydroxyl groups is 1. The Kier molecular flexibility index (Phi) is 9.06. The molecule has 3 nitrogen and oxygen atoms in total. The molecular weight excluding hydrogens is 262 g/mol. The zero-order chi connectivity index (χ0) is 14.8. The molecule has 1 aliphatic heterocycles. The highest BCUT2D eigenvalue weighted by Crippen LogP contribution is 2.30. The molecule has 0 aliphatic carbocycles. The summed E-state index contributed by atoms with van der Waals surface area (Å²) in [6, 6.07) is 5.08. The summed E-state index contributed by atoms with van der Waals surface area (Å²) in [5, 5.41) is 9.34. The lowest BCUT2D eigenvalue weighted by atomic mass is 10.0. The third-order valence-electron chi connectivity index (χ3n) is 2.60. The highest BCUT2D eigenvalue weighted by atomic mass is 35.5. The van der Waals surface area contributed by atoms with Crippen LogP contribution in [0.5, 0.6) is 5.75 Å². The lowest BCUT2D eigenvalue weighted by Crippen LogP contribution is -2.36. The van der Waals surface area contributed by atoms with E-state index in [-0.39, 0.29) is 17.5 Å². The fraction of sp³-hybridized carbons (Fsp3) is 0.533. The van der Waals surface area contributed by atoms with E-state index >= 15 is 0 Å². The normalized spacial score (nSPS) is 12.4. The van der Waals surface area contributed by atoms with Crippen molar-refractivity contribution < 1.29 is 9.90 Å². The van der Waals surface area contributed by atoms with Gasteiger partial charge in [-0.1, -0.05) is 27.7 Å². The van der Waals surface area contributed by atoms with Crippen molar-refractivity contribution in [3.05, 3.63) is 23.8 Å². The van der Waals surface area contributed by atoms with Gasteiger partial charge in [0.15, 0.2) is 0 Å². The van der Waals surface area contributed by atoms with Crippen molar-refractivity contribution in [1.29, 1.82) is 0 Å². The Hall–Kier alpha value is -1.22. The second-order valence-corrected chi connectivity index (χ2v) is 3.86. The van der Waals surface area contributed by atoms with Gasteiger partial charge in [0.2, 0.25) is 5.91 Å². The molecule has 19 heavy (non-hydrogen) atoms. The number of carbonyl (C=O) groups is 1. The Morgan fingerprint density at radius 2 is 1.95 bits per heavy atom. The van der Waals surface area contributed by atoms with Gasteiger partial charge in [-0.15, -0.1) is 11.6 Å². The molecule has 0 unspecified atom stereocenters. The van der Waals surface area contributed by atoms with Gasteiger partial charge < -0.3 is 10.0 Å². The summed E-state index contributed by atoms with van der Waals surface area (Å²) in [4.78, 5) is 13.2. The highest BCUT2D eigenvalue weighted by molar-refractivity contribution is 6.29. The van der Waals surface area contributed by atoms with Crippen LogP contribution in [0.1, 0.15) is 39.7 Å². The SMILES string of the molecule is CC.CC.O=C(CCl)N1CCCc2cc(O)ccc21. The molecule has 0 fully saturated rings. The van der Waals surface area contributed by atoms with Gasteiger partial charge in [-0.05, 0) is 36.6 Å². The average Bonchev–Trinajstić information content (AvgIpc) is 2.49. The number of phenols is 1. The van der Waals surface area contributed by atoms with E-state index in [2.05, 4.69) is 0 Å². The summed E-state index contributed by atoms with van der Waals surface area (Å²) in [5.74, 6) is 0.164. The Morgan fingerprint density at radius 3 is 2.53 bits per heavy atom. The minimum atomic E-state index is -0.0803. The molecule has 1 aromatic rings. The lowest BCUT2D eigenvalue weighted by molar-refractivity contribution is -0.116. The molecule has 0 spiro atoms. The van der Waals surface area contributed by atoms with Crippen molar-refractivity contribution in [2.75, 3.05) is 17.3 Å². The van der Waals surface area contributed by atoms with E-state index in [0.29, 0.717) is 6.54 Å². The third-order valence-corrected chi connectivity index (χ3v) is 2.83. The number of hydrogen-bond donors (Lipinski definition) is 1. The number of carbonyl (C=O) groups excluding carboxylic acids is 1. The molecule has 0 saturated heterocycles. The maximum Gasteiger partial charge on any atom is 0.241 e. The molecule has 0 radical (unpaired) electrons. The Bertz CT molecular complexity index is 394. The van der Waals surface area contributed by atoms with Gasteiger partial charge in [-0.3, -0.25) is 4.79 Å². The summed E-state index contributed by atoms with van der Waals surface area (Å²) < 4.78 is 0. The summed E-state index contributed by atoms with van der Waals surface area (Å²) in [7, 11) is 0. The number of halogens is 1. The van der Waals surface area contributed by atoms with Gasteiger partial charge >= 0.3 is 0 Å². The number of nitrogens with zero attached hydrogens (tertiary/aromatic N) is 1. The van der Waals surface area contributed by atoms with E-state index in [9.17, 15) is 9.90 Å². The number of hydrogen-bond acceptors (Lipinski definition) is 2. The first-order valence-corrected chi connectivity index (χ1v) is 7.44. The number of alkyl halides is 1. The van der Waals surface area contributed by atoms with Gasteiger partial charge in [0, 0.05) is 12.2 Å². The average molecular weight is 286 g/mol. The molecule has 1 N–H and O–H groups in total. The van der Waals surface area contributed by atoms with Crippen molar-refractivity contribution in [3.63, 3.8) is 0 Å². The summed E-state index contributed by atoms with van der Waals surface area (Å²) in [6.07, 6.45) is 1.81. The fourth-order valence-electron chi connectivity index (χ4n) is 1.91. The number of rotatable bonds is 1. The second kappa shape index (κ2) is 9.68. The van der Waals surface area contributed by atoms with E-state index in [4.69, 9.17) is 11.6 Å². The maximum atomic E-state index is 11.5. The van der Waals surface area contributed by atoms with Crippen LogP contribution < -0.4 is 4.90 Å². The third kappa shape index (κ3) is 4.75. The summed E-state index contributed by atoms with van der Waals surface area (Å²) in [6.45, 7) is 8.71. The number of benzene rings is 1. The van der Waals surface area contributed by atoms with Crippen LogP contribution in [-0.2, 0) is 11.2 Å². The minimum absolute atomic E-state index is 0.000314. The van der Waals surface area contributed by atoms with Crippen LogP contribution in [0.25, 0.3) is 0 Å². The van der Waals surface area contributed by atoms with Crippen molar-refractivity contribution >= 4 is 23.2 Å². The first-order chi connectivity index (χ1) is 9.22. The topological polar surface area (TPSA) is 40.5 Å². The number of anilines is 1. The van der Waals surface area contributed by atoms with E-state index in [1.54, 1.807) is 23.1 Å². The fourth-order valence-corrected chi connectivity index (χ4v) is 2.06. The zero-order valence-corrected chi connectivity index (χ0v) is 13.0. The van der Waals surface area contributed by atoms with E-state index in [1.807, 2.05) is 27.7 Å². The maximum absolute atomic E-state index is 11.5. The van der Waals surface area contributed by atoms with Crippen LogP contribution in [0.15, 0.2) is 18.2 Å². The molecular formula is C15H24ClNO2. The molecule has 0 saturated carbocycles.